The molecule has 230 valence electrons. The molecule has 0 bridgehead atoms. The number of benzene rings is 3. The number of ether oxygens (including phenoxy) is 4. The normalized spacial score (nSPS) is 16.2. The van der Waals surface area contributed by atoms with Crippen LogP contribution < -0.4 is 14.2 Å². The van der Waals surface area contributed by atoms with Gasteiger partial charge < -0.3 is 24.1 Å². The highest BCUT2D eigenvalue weighted by Gasteiger charge is 2.39. The number of aryl methyl sites for hydroxylation is 1. The Balaban J connectivity index is 1.60. The number of nitrogens with zero attached hydrogens (tertiary/aromatic N) is 1. The van der Waals surface area contributed by atoms with Gasteiger partial charge in [-0.2, -0.15) is 4.31 Å². The van der Waals surface area contributed by atoms with Crippen molar-refractivity contribution in [3.63, 3.8) is 0 Å². The highest BCUT2D eigenvalue weighted by atomic mass is 35.5. The summed E-state index contributed by atoms with van der Waals surface area (Å²) in [5, 5.41) is 9.42. The van der Waals surface area contributed by atoms with Crippen molar-refractivity contribution in [2.75, 3.05) is 27.4 Å². The molecule has 0 spiro atoms. The first kappa shape index (κ1) is 32.1. The van der Waals surface area contributed by atoms with E-state index >= 15 is 0 Å². The molecule has 3 aromatic carbocycles. The van der Waals surface area contributed by atoms with E-state index in [0.29, 0.717) is 59.9 Å². The number of hydrogen-bond donors (Lipinski definition) is 1. The van der Waals surface area contributed by atoms with Crippen LogP contribution in [-0.4, -0.2) is 63.2 Å². The summed E-state index contributed by atoms with van der Waals surface area (Å²) < 4.78 is 50.5. The number of carboxylic acid groups (broad SMARTS) is 1. The summed E-state index contributed by atoms with van der Waals surface area (Å²) in [5.41, 5.74) is 1.49. The molecule has 1 N–H and O–H groups in total. The molecule has 12 heteroatoms. The Morgan fingerprint density at radius 2 is 1.74 bits per heavy atom. The van der Waals surface area contributed by atoms with Gasteiger partial charge in [0.1, 0.15) is 17.9 Å². The maximum absolute atomic E-state index is 13.7. The Kier molecular flexibility index (Phi) is 10.9. The lowest BCUT2D eigenvalue weighted by Gasteiger charge is -2.34. The molecule has 43 heavy (non-hydrogen) atoms. The van der Waals surface area contributed by atoms with Crippen molar-refractivity contribution in [3.05, 3.63) is 82.9 Å². The van der Waals surface area contributed by atoms with E-state index < -0.39 is 40.7 Å². The average Bonchev–Trinajstić information content (AvgIpc) is 3.02. The molecule has 0 saturated carbocycles. The van der Waals surface area contributed by atoms with Crippen molar-refractivity contribution >= 4 is 33.6 Å². The van der Waals surface area contributed by atoms with E-state index in [4.69, 9.17) is 35.7 Å². The first-order chi connectivity index (χ1) is 20.6. The molecule has 1 fully saturated rings. The van der Waals surface area contributed by atoms with E-state index in [2.05, 4.69) is 0 Å². The van der Waals surface area contributed by atoms with Crippen LogP contribution >= 0.6 is 11.6 Å². The van der Waals surface area contributed by atoms with Crippen LogP contribution in [0, 0.1) is 0 Å². The zero-order valence-electron chi connectivity index (χ0n) is 23.9. The number of carboxylic acids is 1. The van der Waals surface area contributed by atoms with Crippen molar-refractivity contribution in [2.24, 2.45) is 0 Å². The fourth-order valence-electron chi connectivity index (χ4n) is 4.97. The van der Waals surface area contributed by atoms with Crippen LogP contribution in [0.4, 0.5) is 0 Å². The summed E-state index contributed by atoms with van der Waals surface area (Å²) in [6.07, 6.45) is 1.64. The highest BCUT2D eigenvalue weighted by Crippen LogP contribution is 2.33. The van der Waals surface area contributed by atoms with Gasteiger partial charge in [-0.1, -0.05) is 29.8 Å². The molecule has 2 atom stereocenters. The number of rotatable bonds is 13. The van der Waals surface area contributed by atoms with Gasteiger partial charge in [-0.3, -0.25) is 4.79 Å². The zero-order valence-corrected chi connectivity index (χ0v) is 25.5. The molecule has 1 unspecified atom stereocenters. The largest absolute Gasteiger partial charge is 0.493 e. The Labute approximate surface area is 256 Å². The van der Waals surface area contributed by atoms with Crippen LogP contribution in [0.25, 0.3) is 0 Å². The third-order valence-electron chi connectivity index (χ3n) is 7.14. The smallest absolute Gasteiger partial charge is 0.341 e. The quantitative estimate of drug-likeness (QED) is 0.251. The molecule has 1 aliphatic heterocycles. The van der Waals surface area contributed by atoms with Gasteiger partial charge in [-0.25, -0.2) is 13.2 Å². The number of halogens is 1. The summed E-state index contributed by atoms with van der Waals surface area (Å²) >= 11 is 5.96. The molecular formula is C31H34ClNO9S. The van der Waals surface area contributed by atoms with E-state index in [1.54, 1.807) is 44.6 Å². The SMILES string of the molecule is COc1ccc(CC[C@@H](OC(=O)C2CCCCN2S(=O)(=O)c2ccc(Cl)cc2)c2cccc(OCC(=O)O)c2)cc1OC. The number of methoxy groups -OCH3 is 2. The third-order valence-corrected chi connectivity index (χ3v) is 9.31. The van der Waals surface area contributed by atoms with Crippen LogP contribution in [0.2, 0.25) is 5.02 Å². The van der Waals surface area contributed by atoms with Crippen LogP contribution in [0.1, 0.15) is 42.9 Å². The predicted octanol–water partition coefficient (Wildman–Crippen LogP) is 5.28. The zero-order chi connectivity index (χ0) is 31.0. The Bertz CT molecular complexity index is 1530. The fourth-order valence-corrected chi connectivity index (χ4v) is 6.74. The van der Waals surface area contributed by atoms with Crippen molar-refractivity contribution in [3.8, 4) is 17.2 Å². The summed E-state index contributed by atoms with van der Waals surface area (Å²) in [5.74, 6) is -0.344. The van der Waals surface area contributed by atoms with Gasteiger partial charge in [-0.15, -0.1) is 0 Å². The Morgan fingerprint density at radius 3 is 2.44 bits per heavy atom. The topological polar surface area (TPSA) is 129 Å². The van der Waals surface area contributed by atoms with Gasteiger partial charge in [0.25, 0.3) is 0 Å². The van der Waals surface area contributed by atoms with Gasteiger partial charge in [0, 0.05) is 11.6 Å². The summed E-state index contributed by atoms with van der Waals surface area (Å²) in [7, 11) is -0.899. The summed E-state index contributed by atoms with van der Waals surface area (Å²) in [4.78, 5) is 24.8. The van der Waals surface area contributed by atoms with E-state index in [0.717, 1.165) is 5.56 Å². The number of sulfonamides is 1. The molecule has 1 aliphatic rings. The second-order valence-electron chi connectivity index (χ2n) is 9.99. The minimum absolute atomic E-state index is 0.0462. The van der Waals surface area contributed by atoms with Gasteiger partial charge in [0.05, 0.1) is 19.1 Å². The number of aliphatic carboxylic acids is 1. The van der Waals surface area contributed by atoms with Crippen LogP contribution in [0.3, 0.4) is 0 Å². The van der Waals surface area contributed by atoms with E-state index in [-0.39, 0.29) is 11.4 Å². The lowest BCUT2D eigenvalue weighted by molar-refractivity contribution is -0.155. The van der Waals surface area contributed by atoms with Gasteiger partial charge >= 0.3 is 11.9 Å². The van der Waals surface area contributed by atoms with Crippen molar-refractivity contribution in [2.45, 2.75) is 49.1 Å². The van der Waals surface area contributed by atoms with Gasteiger partial charge in [0.15, 0.2) is 18.1 Å². The van der Waals surface area contributed by atoms with Crippen molar-refractivity contribution < 1.29 is 42.1 Å². The molecule has 4 rings (SSSR count). The third kappa shape index (κ3) is 8.19. The van der Waals surface area contributed by atoms with Gasteiger partial charge in [-0.05, 0) is 91.8 Å². The Morgan fingerprint density at radius 1 is 1.00 bits per heavy atom. The first-order valence-electron chi connectivity index (χ1n) is 13.8. The number of piperidine rings is 1. The molecule has 0 aromatic heterocycles. The number of carbonyl (C=O) groups is 2. The molecule has 0 amide bonds. The molecule has 3 aromatic rings. The molecule has 0 radical (unpaired) electrons. The Hall–Kier alpha value is -3.80. The number of hydrogen-bond acceptors (Lipinski definition) is 8. The highest BCUT2D eigenvalue weighted by molar-refractivity contribution is 7.89. The molecule has 1 saturated heterocycles. The summed E-state index contributed by atoms with van der Waals surface area (Å²) in [6, 6.07) is 17.0. The minimum Gasteiger partial charge on any atom is -0.493 e. The lowest BCUT2D eigenvalue weighted by atomic mass is 10.00. The maximum atomic E-state index is 13.7. The van der Waals surface area contributed by atoms with E-state index in [9.17, 15) is 18.0 Å². The second kappa shape index (κ2) is 14.6. The van der Waals surface area contributed by atoms with Crippen LogP contribution in [0.15, 0.2) is 71.6 Å². The molecule has 1 heterocycles. The van der Waals surface area contributed by atoms with E-state index in [1.165, 1.54) is 28.6 Å². The molecular weight excluding hydrogens is 598 g/mol. The molecule has 10 nitrogen and oxygen atoms in total. The van der Waals surface area contributed by atoms with Crippen LogP contribution in [0.5, 0.6) is 17.2 Å². The maximum Gasteiger partial charge on any atom is 0.341 e. The van der Waals surface area contributed by atoms with E-state index in [1.807, 2.05) is 12.1 Å². The van der Waals surface area contributed by atoms with Gasteiger partial charge in [0.2, 0.25) is 10.0 Å². The minimum atomic E-state index is -3.99. The van der Waals surface area contributed by atoms with Crippen LogP contribution in [-0.2, 0) is 30.8 Å². The average molecular weight is 632 g/mol. The standard InChI is InChI=1S/C31H34ClNO9S/c1-39-28-16-10-21(18-29(28)40-2)9-15-27(22-6-5-7-24(19-22)41-20-30(34)35)42-31(36)26-8-3-4-17-33(26)43(37,38)25-13-11-23(32)12-14-25/h5-7,10-14,16,18-19,26-27H,3-4,8-9,15,17,20H2,1-2H3,(H,34,35)/t26?,27-/m1/s1. The first-order valence-corrected chi connectivity index (χ1v) is 15.6. The van der Waals surface area contributed by atoms with Crippen molar-refractivity contribution in [1.82, 2.24) is 4.31 Å². The number of carbonyl (C=O) groups excluding carboxylic acids is 1. The fraction of sp³-hybridized carbons (Fsp3) is 0.355. The predicted molar refractivity (Wildman–Crippen MR) is 159 cm³/mol. The second-order valence-corrected chi connectivity index (χ2v) is 12.3. The molecule has 0 aliphatic carbocycles. The monoisotopic (exact) mass is 631 g/mol. The lowest BCUT2D eigenvalue weighted by Crippen LogP contribution is -2.48. The number of esters is 1. The van der Waals surface area contributed by atoms with Crippen molar-refractivity contribution in [1.29, 1.82) is 0 Å². The summed E-state index contributed by atoms with van der Waals surface area (Å²) in [6.45, 7) is -0.349.